The van der Waals surface area contributed by atoms with Crippen molar-refractivity contribution in [1.82, 2.24) is 5.32 Å². The summed E-state index contributed by atoms with van der Waals surface area (Å²) in [6, 6.07) is 5.95. The van der Waals surface area contributed by atoms with Crippen molar-refractivity contribution in [2.45, 2.75) is 32.7 Å². The normalized spacial score (nSPS) is 11.6. The molecule has 0 aliphatic rings. The maximum absolute atomic E-state index is 6.07. The Kier molecular flexibility index (Phi) is 6.64. The molecule has 0 saturated heterocycles. The molecule has 1 unspecified atom stereocenters. The molecule has 1 aromatic carbocycles. The van der Waals surface area contributed by atoms with E-state index in [1.54, 1.807) is 7.11 Å². The molecule has 1 atom stereocenters. The van der Waals surface area contributed by atoms with Crippen LogP contribution in [0.1, 0.15) is 38.3 Å². The standard InChI is InChI=1S/C15H20ClNO/c1-4-6-7-8-14(17-5-2)13-11-12(16)9-10-15(13)18-3/h9-11,14,17H,5,7-8H2,1-3H3. The van der Waals surface area contributed by atoms with Gasteiger partial charge in [-0.1, -0.05) is 18.5 Å². The molecular formula is C15H20ClNO. The second-order valence-corrected chi connectivity index (χ2v) is 4.40. The largest absolute Gasteiger partial charge is 0.496 e. The molecular weight excluding hydrogens is 246 g/mol. The maximum atomic E-state index is 6.07. The second kappa shape index (κ2) is 8.02. The number of hydrogen-bond donors (Lipinski definition) is 1. The fourth-order valence-corrected chi connectivity index (χ4v) is 2.11. The highest BCUT2D eigenvalue weighted by atomic mass is 35.5. The Morgan fingerprint density at radius 3 is 2.83 bits per heavy atom. The lowest BCUT2D eigenvalue weighted by molar-refractivity contribution is 0.397. The zero-order chi connectivity index (χ0) is 13.4. The van der Waals surface area contributed by atoms with Gasteiger partial charge in [0.25, 0.3) is 0 Å². The van der Waals surface area contributed by atoms with Crippen molar-refractivity contribution in [3.8, 4) is 17.6 Å². The van der Waals surface area contributed by atoms with E-state index in [0.717, 1.165) is 35.7 Å². The average molecular weight is 266 g/mol. The smallest absolute Gasteiger partial charge is 0.123 e. The van der Waals surface area contributed by atoms with Gasteiger partial charge in [-0.05, 0) is 38.1 Å². The zero-order valence-corrected chi connectivity index (χ0v) is 12.0. The quantitative estimate of drug-likeness (QED) is 0.790. The Labute approximate surface area is 115 Å². The van der Waals surface area contributed by atoms with Gasteiger partial charge in [-0.2, -0.15) is 0 Å². The SMILES string of the molecule is CC#CCCC(NCC)c1cc(Cl)ccc1OC. The Hall–Kier alpha value is -1.17. The predicted octanol–water partition coefficient (Wildman–Crippen LogP) is 3.80. The van der Waals surface area contributed by atoms with E-state index in [-0.39, 0.29) is 6.04 Å². The van der Waals surface area contributed by atoms with Crippen LogP contribution in [0.3, 0.4) is 0 Å². The molecule has 0 aliphatic heterocycles. The summed E-state index contributed by atoms with van der Waals surface area (Å²) in [6.07, 6.45) is 1.81. The van der Waals surface area contributed by atoms with Crippen LogP contribution in [0.4, 0.5) is 0 Å². The minimum atomic E-state index is 0.226. The van der Waals surface area contributed by atoms with Crippen molar-refractivity contribution in [2.24, 2.45) is 0 Å². The third kappa shape index (κ3) is 4.25. The molecule has 1 N–H and O–H groups in total. The van der Waals surface area contributed by atoms with Crippen LogP contribution in [0.2, 0.25) is 5.02 Å². The first-order valence-corrected chi connectivity index (χ1v) is 6.57. The molecule has 0 heterocycles. The van der Waals surface area contributed by atoms with Crippen LogP contribution in [-0.2, 0) is 0 Å². The van der Waals surface area contributed by atoms with Gasteiger partial charge in [-0.15, -0.1) is 11.8 Å². The molecule has 0 amide bonds. The Morgan fingerprint density at radius 1 is 1.44 bits per heavy atom. The first kappa shape index (κ1) is 14.9. The van der Waals surface area contributed by atoms with E-state index < -0.39 is 0 Å². The summed E-state index contributed by atoms with van der Waals surface area (Å²) in [6.45, 7) is 4.86. The van der Waals surface area contributed by atoms with Gasteiger partial charge in [0.2, 0.25) is 0 Å². The summed E-state index contributed by atoms with van der Waals surface area (Å²) in [5.74, 6) is 6.89. The summed E-state index contributed by atoms with van der Waals surface area (Å²) in [7, 11) is 1.68. The first-order valence-electron chi connectivity index (χ1n) is 6.19. The van der Waals surface area contributed by atoms with Crippen molar-refractivity contribution < 1.29 is 4.74 Å². The molecule has 98 valence electrons. The van der Waals surface area contributed by atoms with Gasteiger partial charge in [0.15, 0.2) is 0 Å². The molecule has 0 radical (unpaired) electrons. The third-order valence-electron chi connectivity index (χ3n) is 2.75. The first-order chi connectivity index (χ1) is 8.72. The van der Waals surface area contributed by atoms with E-state index in [2.05, 4.69) is 24.1 Å². The Balaban J connectivity index is 2.94. The van der Waals surface area contributed by atoms with Gasteiger partial charge in [-0.3, -0.25) is 0 Å². The van der Waals surface area contributed by atoms with Crippen molar-refractivity contribution in [2.75, 3.05) is 13.7 Å². The fourth-order valence-electron chi connectivity index (χ4n) is 1.93. The second-order valence-electron chi connectivity index (χ2n) is 3.96. The highest BCUT2D eigenvalue weighted by Gasteiger charge is 2.15. The summed E-state index contributed by atoms with van der Waals surface area (Å²) in [5.41, 5.74) is 1.10. The number of halogens is 1. The van der Waals surface area contributed by atoms with Crippen LogP contribution in [-0.4, -0.2) is 13.7 Å². The van der Waals surface area contributed by atoms with Crippen molar-refractivity contribution in [3.05, 3.63) is 28.8 Å². The highest BCUT2D eigenvalue weighted by molar-refractivity contribution is 6.30. The number of benzene rings is 1. The van der Waals surface area contributed by atoms with Gasteiger partial charge < -0.3 is 10.1 Å². The van der Waals surface area contributed by atoms with Crippen molar-refractivity contribution in [1.29, 1.82) is 0 Å². The zero-order valence-electron chi connectivity index (χ0n) is 11.2. The van der Waals surface area contributed by atoms with E-state index in [0.29, 0.717) is 0 Å². The van der Waals surface area contributed by atoms with E-state index in [9.17, 15) is 0 Å². The number of ether oxygens (including phenoxy) is 1. The van der Waals surface area contributed by atoms with Gasteiger partial charge in [0.05, 0.1) is 7.11 Å². The molecule has 18 heavy (non-hydrogen) atoms. The van der Waals surface area contributed by atoms with Gasteiger partial charge in [0.1, 0.15) is 5.75 Å². The average Bonchev–Trinajstić information content (AvgIpc) is 2.38. The fraction of sp³-hybridized carbons (Fsp3) is 0.467. The predicted molar refractivity (Wildman–Crippen MR) is 77.1 cm³/mol. The van der Waals surface area contributed by atoms with Gasteiger partial charge in [-0.25, -0.2) is 0 Å². The Morgan fingerprint density at radius 2 is 2.22 bits per heavy atom. The van der Waals surface area contributed by atoms with Crippen LogP contribution in [0.5, 0.6) is 5.75 Å². The summed E-state index contributed by atoms with van der Waals surface area (Å²) < 4.78 is 5.40. The van der Waals surface area contributed by atoms with Gasteiger partial charge >= 0.3 is 0 Å². The van der Waals surface area contributed by atoms with E-state index in [1.165, 1.54) is 0 Å². The Bertz CT molecular complexity index is 434. The lowest BCUT2D eigenvalue weighted by atomic mass is 10.0. The lowest BCUT2D eigenvalue weighted by Gasteiger charge is -2.20. The van der Waals surface area contributed by atoms with Crippen LogP contribution in [0, 0.1) is 11.8 Å². The topological polar surface area (TPSA) is 21.3 Å². The summed E-state index contributed by atoms with van der Waals surface area (Å²) >= 11 is 6.07. The molecule has 0 aliphatic carbocycles. The number of methoxy groups -OCH3 is 1. The maximum Gasteiger partial charge on any atom is 0.123 e. The number of hydrogen-bond acceptors (Lipinski definition) is 2. The molecule has 0 saturated carbocycles. The summed E-state index contributed by atoms with van der Waals surface area (Å²) in [4.78, 5) is 0. The van der Waals surface area contributed by atoms with Crippen molar-refractivity contribution >= 4 is 11.6 Å². The van der Waals surface area contributed by atoms with Crippen LogP contribution >= 0.6 is 11.6 Å². The monoisotopic (exact) mass is 265 g/mol. The minimum Gasteiger partial charge on any atom is -0.496 e. The highest BCUT2D eigenvalue weighted by Crippen LogP contribution is 2.30. The number of nitrogens with one attached hydrogen (secondary N) is 1. The molecule has 2 nitrogen and oxygen atoms in total. The van der Waals surface area contributed by atoms with Crippen LogP contribution < -0.4 is 10.1 Å². The third-order valence-corrected chi connectivity index (χ3v) is 2.99. The molecule has 0 aromatic heterocycles. The summed E-state index contributed by atoms with van der Waals surface area (Å²) in [5, 5.41) is 4.19. The van der Waals surface area contributed by atoms with E-state index in [4.69, 9.17) is 16.3 Å². The molecule has 0 fully saturated rings. The molecule has 1 rings (SSSR count). The van der Waals surface area contributed by atoms with Gasteiger partial charge in [0, 0.05) is 23.0 Å². The molecule has 0 spiro atoms. The van der Waals surface area contributed by atoms with Crippen molar-refractivity contribution in [3.63, 3.8) is 0 Å². The molecule has 0 bridgehead atoms. The van der Waals surface area contributed by atoms with Crippen LogP contribution in [0.15, 0.2) is 18.2 Å². The van der Waals surface area contributed by atoms with E-state index >= 15 is 0 Å². The molecule has 3 heteroatoms. The lowest BCUT2D eigenvalue weighted by Crippen LogP contribution is -2.21. The van der Waals surface area contributed by atoms with Crippen LogP contribution in [0.25, 0.3) is 0 Å². The van der Waals surface area contributed by atoms with E-state index in [1.807, 2.05) is 25.1 Å². The number of rotatable bonds is 6. The molecule has 1 aromatic rings. The minimum absolute atomic E-state index is 0.226.